The van der Waals surface area contributed by atoms with Crippen molar-refractivity contribution >= 4 is 5.91 Å². The van der Waals surface area contributed by atoms with Crippen LogP contribution in [0, 0.1) is 6.92 Å². The van der Waals surface area contributed by atoms with E-state index in [1.807, 2.05) is 37.4 Å². The van der Waals surface area contributed by atoms with Gasteiger partial charge in [-0.1, -0.05) is 6.92 Å². The van der Waals surface area contributed by atoms with E-state index in [0.717, 1.165) is 43.6 Å². The average molecular weight is 389 g/mol. The average Bonchev–Trinajstić information content (AvgIpc) is 3.18. The number of carbonyl (C=O) groups excluding carboxylic acids is 1. The summed E-state index contributed by atoms with van der Waals surface area (Å²) in [5, 5.41) is 11.6. The van der Waals surface area contributed by atoms with Gasteiger partial charge in [0.25, 0.3) is 5.91 Å². The van der Waals surface area contributed by atoms with Crippen LogP contribution in [0.15, 0.2) is 36.8 Å². The molecule has 1 aliphatic heterocycles. The van der Waals surface area contributed by atoms with Gasteiger partial charge in [0.05, 0.1) is 11.4 Å². The first-order chi connectivity index (χ1) is 14.1. The summed E-state index contributed by atoms with van der Waals surface area (Å²) in [6.45, 7) is 4.89. The van der Waals surface area contributed by atoms with E-state index in [1.54, 1.807) is 11.0 Å². The Hall–Kier alpha value is -3.16. The molecule has 2 atom stereocenters. The second kappa shape index (κ2) is 6.72. The maximum atomic E-state index is 13.4. The number of tetrazole rings is 1. The fourth-order valence-corrected chi connectivity index (χ4v) is 5.01. The maximum absolute atomic E-state index is 13.4. The second-order valence-corrected chi connectivity index (χ2v) is 8.16. The van der Waals surface area contributed by atoms with Gasteiger partial charge in [0.1, 0.15) is 6.33 Å². The third kappa shape index (κ3) is 2.82. The Bertz CT molecular complexity index is 1060. The monoisotopic (exact) mass is 389 g/mol. The van der Waals surface area contributed by atoms with Gasteiger partial charge in [0, 0.05) is 29.8 Å². The van der Waals surface area contributed by atoms with Crippen molar-refractivity contribution in [3.8, 4) is 5.69 Å². The van der Waals surface area contributed by atoms with Crippen LogP contribution >= 0.6 is 0 Å². The number of amides is 1. The minimum atomic E-state index is -0.117. The number of hydrogen-bond acceptors (Lipinski definition) is 6. The quantitative estimate of drug-likeness (QED) is 0.668. The lowest BCUT2D eigenvalue weighted by Gasteiger charge is -2.51. The molecule has 1 saturated heterocycles. The summed E-state index contributed by atoms with van der Waals surface area (Å²) < 4.78 is 1.66. The normalized spacial score (nSPS) is 23.4. The Kier molecular flexibility index (Phi) is 4.15. The van der Waals surface area contributed by atoms with Gasteiger partial charge in [-0.05, 0) is 72.9 Å². The number of hydrogen-bond donors (Lipinski definition) is 0. The van der Waals surface area contributed by atoms with Crippen LogP contribution in [-0.4, -0.2) is 53.6 Å². The molecule has 29 heavy (non-hydrogen) atoms. The van der Waals surface area contributed by atoms with Gasteiger partial charge in [-0.3, -0.25) is 4.79 Å². The molecule has 0 saturated carbocycles. The summed E-state index contributed by atoms with van der Waals surface area (Å²) in [5.41, 5.74) is 3.76. The molecule has 0 unspecified atom stereocenters. The number of aromatic nitrogens is 6. The number of nitrogens with zero attached hydrogens (tertiary/aromatic N) is 7. The highest BCUT2D eigenvalue weighted by atomic mass is 16.2. The lowest BCUT2D eigenvalue weighted by atomic mass is 9.65. The van der Waals surface area contributed by atoms with Crippen molar-refractivity contribution in [3.05, 3.63) is 59.4 Å². The van der Waals surface area contributed by atoms with Gasteiger partial charge in [-0.15, -0.1) is 5.10 Å². The molecule has 1 amide bonds. The molecule has 0 radical (unpaired) electrons. The van der Waals surface area contributed by atoms with Crippen molar-refractivity contribution in [1.82, 2.24) is 35.1 Å². The van der Waals surface area contributed by atoms with Crippen molar-refractivity contribution in [2.24, 2.45) is 0 Å². The zero-order valence-electron chi connectivity index (χ0n) is 16.6. The zero-order chi connectivity index (χ0) is 20.0. The van der Waals surface area contributed by atoms with Crippen LogP contribution in [-0.2, 0) is 11.8 Å². The second-order valence-electron chi connectivity index (χ2n) is 8.16. The summed E-state index contributed by atoms with van der Waals surface area (Å²) in [6, 6.07) is 7.67. The summed E-state index contributed by atoms with van der Waals surface area (Å²) >= 11 is 0. The molecule has 148 valence electrons. The standard InChI is InChI=1S/C21H23N7O/c1-14-24-25-26-28(14)17-7-4-15(5-8-17)20(29)27-11-3-10-21(2)18(27)9-6-16-12-22-13-23-19(16)21/h4-5,7-8,12-13,18H,3,6,9-11H2,1-2H3/t18-,21+/m0/s1. The molecule has 1 fully saturated rings. The first kappa shape index (κ1) is 17.9. The lowest BCUT2D eigenvalue weighted by molar-refractivity contribution is 0.0379. The van der Waals surface area contributed by atoms with Gasteiger partial charge >= 0.3 is 0 Å². The van der Waals surface area contributed by atoms with Crippen LogP contribution in [0.4, 0.5) is 0 Å². The number of aryl methyl sites for hydroxylation is 2. The smallest absolute Gasteiger partial charge is 0.254 e. The van der Waals surface area contributed by atoms with Crippen LogP contribution in [0.25, 0.3) is 5.69 Å². The molecule has 8 heteroatoms. The zero-order valence-corrected chi connectivity index (χ0v) is 16.6. The number of fused-ring (bicyclic) bond motifs is 3. The van der Waals surface area contributed by atoms with Gasteiger partial charge in [-0.25, -0.2) is 9.97 Å². The van der Waals surface area contributed by atoms with E-state index < -0.39 is 0 Å². The van der Waals surface area contributed by atoms with E-state index in [9.17, 15) is 4.79 Å². The van der Waals surface area contributed by atoms with Gasteiger partial charge in [0.2, 0.25) is 0 Å². The Morgan fingerprint density at radius 1 is 1.24 bits per heavy atom. The molecule has 1 aromatic carbocycles. The molecule has 2 aliphatic rings. The van der Waals surface area contributed by atoms with Gasteiger partial charge < -0.3 is 4.90 Å². The van der Waals surface area contributed by atoms with Crippen molar-refractivity contribution in [2.45, 2.75) is 51.0 Å². The van der Waals surface area contributed by atoms with Crippen LogP contribution < -0.4 is 0 Å². The number of likely N-dealkylation sites (tertiary alicyclic amines) is 1. The number of piperidine rings is 1. The molecule has 0 N–H and O–H groups in total. The Labute approximate surface area is 169 Å². The molecule has 0 bridgehead atoms. The Morgan fingerprint density at radius 2 is 2.07 bits per heavy atom. The van der Waals surface area contributed by atoms with E-state index in [-0.39, 0.29) is 17.4 Å². The van der Waals surface area contributed by atoms with Crippen LogP contribution in [0.1, 0.15) is 53.6 Å². The molecule has 3 heterocycles. The largest absolute Gasteiger partial charge is 0.335 e. The molecule has 5 rings (SSSR count). The molecular formula is C21H23N7O. The predicted molar refractivity (Wildman–Crippen MR) is 106 cm³/mol. The minimum absolute atomic E-state index is 0.0819. The van der Waals surface area contributed by atoms with Crippen molar-refractivity contribution in [1.29, 1.82) is 0 Å². The molecule has 2 aromatic heterocycles. The summed E-state index contributed by atoms with van der Waals surface area (Å²) in [6.07, 6.45) is 7.45. The van der Waals surface area contributed by atoms with Crippen molar-refractivity contribution < 1.29 is 4.79 Å². The third-order valence-electron chi connectivity index (χ3n) is 6.47. The fraction of sp³-hybridized carbons (Fsp3) is 0.429. The first-order valence-electron chi connectivity index (χ1n) is 10.0. The fourth-order valence-electron chi connectivity index (χ4n) is 5.01. The topological polar surface area (TPSA) is 89.7 Å². The maximum Gasteiger partial charge on any atom is 0.254 e. The van der Waals surface area contributed by atoms with E-state index >= 15 is 0 Å². The number of benzene rings is 1. The van der Waals surface area contributed by atoms with Crippen LogP contribution in [0.3, 0.4) is 0 Å². The Balaban J connectivity index is 1.44. The Morgan fingerprint density at radius 3 is 2.83 bits per heavy atom. The van der Waals surface area contributed by atoms with Gasteiger partial charge in [0.15, 0.2) is 5.82 Å². The first-order valence-corrected chi connectivity index (χ1v) is 10.0. The molecule has 0 spiro atoms. The summed E-state index contributed by atoms with van der Waals surface area (Å²) in [4.78, 5) is 24.3. The highest BCUT2D eigenvalue weighted by Gasteiger charge is 2.48. The van der Waals surface area contributed by atoms with E-state index in [0.29, 0.717) is 11.4 Å². The van der Waals surface area contributed by atoms with Crippen LogP contribution in [0.2, 0.25) is 0 Å². The molecule has 1 aliphatic carbocycles. The highest BCUT2D eigenvalue weighted by molar-refractivity contribution is 5.94. The highest BCUT2D eigenvalue weighted by Crippen LogP contribution is 2.44. The molecular weight excluding hydrogens is 366 g/mol. The summed E-state index contributed by atoms with van der Waals surface area (Å²) in [5.74, 6) is 0.789. The summed E-state index contributed by atoms with van der Waals surface area (Å²) in [7, 11) is 0. The van der Waals surface area contributed by atoms with E-state index in [2.05, 4.69) is 37.3 Å². The van der Waals surface area contributed by atoms with Crippen molar-refractivity contribution in [3.63, 3.8) is 0 Å². The van der Waals surface area contributed by atoms with Crippen LogP contribution in [0.5, 0.6) is 0 Å². The minimum Gasteiger partial charge on any atom is -0.335 e. The molecule has 3 aromatic rings. The van der Waals surface area contributed by atoms with Crippen molar-refractivity contribution in [2.75, 3.05) is 6.54 Å². The van der Waals surface area contributed by atoms with E-state index in [1.165, 1.54) is 5.56 Å². The SMILES string of the molecule is Cc1nnnn1-c1ccc(C(=O)N2CCC[C@@]3(C)c4ncncc4CC[C@H]23)cc1. The molecule has 8 nitrogen and oxygen atoms in total. The lowest BCUT2D eigenvalue weighted by Crippen LogP contribution is -2.57. The van der Waals surface area contributed by atoms with Gasteiger partial charge in [-0.2, -0.15) is 4.68 Å². The van der Waals surface area contributed by atoms with E-state index in [4.69, 9.17) is 0 Å². The number of carbonyl (C=O) groups is 1. The predicted octanol–water partition coefficient (Wildman–Crippen LogP) is 2.27. The third-order valence-corrected chi connectivity index (χ3v) is 6.47. The number of rotatable bonds is 2.